The molecule has 17 heavy (non-hydrogen) atoms. The van der Waals surface area contributed by atoms with Crippen LogP contribution in [0.1, 0.15) is 30.9 Å². The van der Waals surface area contributed by atoms with Crippen molar-refractivity contribution in [2.75, 3.05) is 0 Å². The molecule has 1 heterocycles. The van der Waals surface area contributed by atoms with E-state index in [1.807, 2.05) is 0 Å². The van der Waals surface area contributed by atoms with Crippen molar-refractivity contribution < 1.29 is 10.2 Å². The Morgan fingerprint density at radius 1 is 1.47 bits per heavy atom. The molecule has 1 aliphatic rings. The monoisotopic (exact) mass is 233 g/mol. The van der Waals surface area contributed by atoms with Crippen LogP contribution < -0.4 is 0 Å². The van der Waals surface area contributed by atoms with Crippen molar-refractivity contribution >= 4 is 0 Å². The Morgan fingerprint density at radius 2 is 2.18 bits per heavy atom. The highest BCUT2D eigenvalue weighted by Crippen LogP contribution is 2.44. The lowest BCUT2D eigenvalue weighted by Crippen LogP contribution is -2.08. The molecule has 2 N–H and O–H groups in total. The number of allylic oxidation sites excluding steroid dienone is 3. The van der Waals surface area contributed by atoms with Crippen LogP contribution in [-0.2, 0) is 13.0 Å². The van der Waals surface area contributed by atoms with Gasteiger partial charge in [0.15, 0.2) is 11.8 Å². The van der Waals surface area contributed by atoms with Crippen molar-refractivity contribution in [3.05, 3.63) is 35.9 Å². The minimum Gasteiger partial charge on any atom is -0.494 e. The van der Waals surface area contributed by atoms with Gasteiger partial charge in [0, 0.05) is 23.6 Å². The van der Waals surface area contributed by atoms with Crippen LogP contribution >= 0.6 is 0 Å². The lowest BCUT2D eigenvalue weighted by Gasteiger charge is -2.21. The number of rotatable bonds is 3. The second kappa shape index (κ2) is 4.32. The van der Waals surface area contributed by atoms with Gasteiger partial charge in [0.2, 0.25) is 0 Å². The van der Waals surface area contributed by atoms with Crippen molar-refractivity contribution in [1.29, 1.82) is 0 Å². The zero-order valence-electron chi connectivity index (χ0n) is 10.3. The van der Waals surface area contributed by atoms with Gasteiger partial charge in [-0.1, -0.05) is 32.1 Å². The summed E-state index contributed by atoms with van der Waals surface area (Å²) in [6, 6.07) is 0. The van der Waals surface area contributed by atoms with E-state index in [1.54, 1.807) is 6.08 Å². The Labute approximate surface area is 102 Å². The van der Waals surface area contributed by atoms with Crippen molar-refractivity contribution in [3.8, 4) is 11.8 Å². The quantitative estimate of drug-likeness (QED) is 0.788. The normalized spacial score (nSPS) is 18.4. The summed E-state index contributed by atoms with van der Waals surface area (Å²) in [6.07, 6.45) is 6.53. The molecule has 1 aliphatic carbocycles. The van der Waals surface area contributed by atoms with E-state index in [9.17, 15) is 10.2 Å². The number of nitrogens with zero attached hydrogens (tertiary/aromatic N) is 1. The molecule has 1 aromatic heterocycles. The summed E-state index contributed by atoms with van der Waals surface area (Å²) < 4.78 is 1.51. The van der Waals surface area contributed by atoms with E-state index in [-0.39, 0.29) is 17.7 Å². The number of hydrogen-bond acceptors (Lipinski definition) is 2. The first-order valence-corrected chi connectivity index (χ1v) is 5.98. The lowest BCUT2D eigenvalue weighted by atomic mass is 9.83. The Balaban J connectivity index is 2.57. The Hall–Kier alpha value is -1.64. The molecule has 0 radical (unpaired) electrons. The molecule has 0 spiro atoms. The highest BCUT2D eigenvalue weighted by molar-refractivity contribution is 5.52. The minimum atomic E-state index is 0.174. The molecule has 1 aromatic rings. The van der Waals surface area contributed by atoms with E-state index in [1.165, 1.54) is 4.57 Å². The minimum absolute atomic E-state index is 0.174. The maximum absolute atomic E-state index is 10.2. The Kier molecular flexibility index (Phi) is 3.01. The molecular weight excluding hydrogens is 214 g/mol. The van der Waals surface area contributed by atoms with Crippen LogP contribution in [0.5, 0.6) is 11.8 Å². The van der Waals surface area contributed by atoms with E-state index in [0.29, 0.717) is 18.9 Å². The highest BCUT2D eigenvalue weighted by atomic mass is 16.3. The number of fused-ring (bicyclic) bond motifs is 1. The van der Waals surface area contributed by atoms with E-state index in [2.05, 4.69) is 32.6 Å². The molecule has 0 bridgehead atoms. The standard InChI is InChI=1S/C14H19NO2/c1-4-8-15-13(16)11-7-5-6-10(9(2)3)12(11)14(15)17/h4-6,9-10,16-17H,1,7-8H2,2-3H3. The van der Waals surface area contributed by atoms with Crippen LogP contribution in [0.3, 0.4) is 0 Å². The zero-order valence-corrected chi connectivity index (χ0v) is 10.3. The van der Waals surface area contributed by atoms with E-state index < -0.39 is 0 Å². The van der Waals surface area contributed by atoms with Crippen LogP contribution in [0.25, 0.3) is 0 Å². The Bertz CT molecular complexity index is 469. The van der Waals surface area contributed by atoms with Crippen LogP contribution in [0.2, 0.25) is 0 Å². The number of aromatic nitrogens is 1. The van der Waals surface area contributed by atoms with Gasteiger partial charge in [-0.05, 0) is 12.3 Å². The number of hydrogen-bond donors (Lipinski definition) is 2. The first-order chi connectivity index (χ1) is 8.07. The van der Waals surface area contributed by atoms with Gasteiger partial charge in [-0.2, -0.15) is 0 Å². The second-order valence-electron chi connectivity index (χ2n) is 4.84. The molecule has 0 aliphatic heterocycles. The van der Waals surface area contributed by atoms with Gasteiger partial charge in [0.1, 0.15) is 0 Å². The first-order valence-electron chi connectivity index (χ1n) is 5.98. The Morgan fingerprint density at radius 3 is 2.76 bits per heavy atom. The van der Waals surface area contributed by atoms with Gasteiger partial charge >= 0.3 is 0 Å². The number of aromatic hydroxyl groups is 2. The van der Waals surface area contributed by atoms with Crippen LogP contribution in [0.15, 0.2) is 24.8 Å². The summed E-state index contributed by atoms with van der Waals surface area (Å²) in [5.41, 5.74) is 1.73. The summed E-state index contributed by atoms with van der Waals surface area (Å²) >= 11 is 0. The van der Waals surface area contributed by atoms with Gasteiger partial charge in [-0.15, -0.1) is 6.58 Å². The fraction of sp³-hybridized carbons (Fsp3) is 0.429. The largest absolute Gasteiger partial charge is 0.494 e. The van der Waals surface area contributed by atoms with Crippen LogP contribution in [-0.4, -0.2) is 14.8 Å². The predicted octanol–water partition coefficient (Wildman–Crippen LogP) is 2.94. The molecule has 0 fully saturated rings. The lowest BCUT2D eigenvalue weighted by molar-refractivity contribution is 0.374. The van der Waals surface area contributed by atoms with Crippen LogP contribution in [0, 0.1) is 5.92 Å². The zero-order chi connectivity index (χ0) is 12.6. The predicted molar refractivity (Wildman–Crippen MR) is 68.4 cm³/mol. The van der Waals surface area contributed by atoms with E-state index in [4.69, 9.17) is 0 Å². The molecule has 2 rings (SSSR count). The molecule has 3 nitrogen and oxygen atoms in total. The fourth-order valence-electron chi connectivity index (χ4n) is 2.50. The van der Waals surface area contributed by atoms with Crippen molar-refractivity contribution in [2.24, 2.45) is 5.92 Å². The van der Waals surface area contributed by atoms with Crippen molar-refractivity contribution in [1.82, 2.24) is 4.57 Å². The third-order valence-corrected chi connectivity index (χ3v) is 3.38. The van der Waals surface area contributed by atoms with Gasteiger partial charge in [0.05, 0.1) is 0 Å². The summed E-state index contributed by atoms with van der Waals surface area (Å²) in [7, 11) is 0. The third kappa shape index (κ3) is 1.75. The molecule has 0 amide bonds. The van der Waals surface area contributed by atoms with Gasteiger partial charge in [0.25, 0.3) is 0 Å². The smallest absolute Gasteiger partial charge is 0.198 e. The summed E-state index contributed by atoms with van der Waals surface area (Å²) in [6.45, 7) is 8.30. The van der Waals surface area contributed by atoms with Gasteiger partial charge < -0.3 is 10.2 Å². The first kappa shape index (κ1) is 11.8. The average Bonchev–Trinajstić information content (AvgIpc) is 2.55. The molecule has 0 saturated carbocycles. The molecule has 1 atom stereocenters. The molecule has 1 unspecified atom stereocenters. The molecule has 92 valence electrons. The maximum Gasteiger partial charge on any atom is 0.198 e. The van der Waals surface area contributed by atoms with Crippen molar-refractivity contribution in [2.45, 2.75) is 32.7 Å². The molecule has 3 heteroatoms. The molecule has 0 saturated heterocycles. The maximum atomic E-state index is 10.2. The van der Waals surface area contributed by atoms with E-state index >= 15 is 0 Å². The van der Waals surface area contributed by atoms with Gasteiger partial charge in [-0.25, -0.2) is 0 Å². The average molecular weight is 233 g/mol. The SMILES string of the molecule is C=CCn1c(O)c2c(c1O)C(C(C)C)C=CC2. The highest BCUT2D eigenvalue weighted by Gasteiger charge is 2.29. The molecular formula is C14H19NO2. The van der Waals surface area contributed by atoms with Crippen molar-refractivity contribution in [3.63, 3.8) is 0 Å². The fourth-order valence-corrected chi connectivity index (χ4v) is 2.50. The summed E-state index contributed by atoms with van der Waals surface area (Å²) in [5.74, 6) is 0.929. The van der Waals surface area contributed by atoms with E-state index in [0.717, 1.165) is 11.1 Å². The topological polar surface area (TPSA) is 45.4 Å². The second-order valence-corrected chi connectivity index (χ2v) is 4.84. The van der Waals surface area contributed by atoms with Crippen LogP contribution in [0.4, 0.5) is 0 Å². The van der Waals surface area contributed by atoms with Gasteiger partial charge in [-0.3, -0.25) is 4.57 Å². The summed E-state index contributed by atoms with van der Waals surface area (Å²) in [5, 5.41) is 20.3. The third-order valence-electron chi connectivity index (χ3n) is 3.38. The molecule has 0 aromatic carbocycles. The summed E-state index contributed by atoms with van der Waals surface area (Å²) in [4.78, 5) is 0.